The summed E-state index contributed by atoms with van der Waals surface area (Å²) >= 11 is 0. The molecule has 0 bridgehead atoms. The topological polar surface area (TPSA) is 75.1 Å². The highest BCUT2D eigenvalue weighted by Gasteiger charge is 2.33. The molecular formula is C27H35FN4O4. The maximum absolute atomic E-state index is 15.4. The molecule has 1 aromatic heterocycles. The number of piperidine rings is 1. The van der Waals surface area contributed by atoms with Gasteiger partial charge < -0.3 is 24.0 Å². The van der Waals surface area contributed by atoms with Crippen LogP contribution in [0, 0.1) is 11.7 Å². The lowest BCUT2D eigenvalue weighted by molar-refractivity contribution is -0.149. The third-order valence-electron chi connectivity index (χ3n) is 7.76. The molecule has 1 saturated carbocycles. The van der Waals surface area contributed by atoms with Crippen LogP contribution in [0.3, 0.4) is 0 Å². The number of esters is 1. The molecule has 3 aliphatic rings. The maximum Gasteiger partial charge on any atom is 0.310 e. The number of anilines is 1. The Balaban J connectivity index is 1.49. The second-order valence-electron chi connectivity index (χ2n) is 10.1. The van der Waals surface area contributed by atoms with E-state index in [0.29, 0.717) is 37.2 Å². The van der Waals surface area contributed by atoms with E-state index < -0.39 is 17.2 Å². The predicted molar refractivity (Wildman–Crippen MR) is 136 cm³/mol. The first kappa shape index (κ1) is 24.7. The van der Waals surface area contributed by atoms with E-state index in [2.05, 4.69) is 11.8 Å². The number of nitrogens with zero attached hydrogens (tertiary/aromatic N) is 4. The Bertz CT molecular complexity index is 1220. The second-order valence-corrected chi connectivity index (χ2v) is 10.1. The highest BCUT2D eigenvalue weighted by molar-refractivity contribution is 5.98. The van der Waals surface area contributed by atoms with Crippen LogP contribution in [-0.2, 0) is 9.53 Å². The minimum absolute atomic E-state index is 0.0441. The van der Waals surface area contributed by atoms with Crippen LogP contribution in [0.4, 0.5) is 10.1 Å². The summed E-state index contributed by atoms with van der Waals surface area (Å²) in [5, 5.41) is 0.236. The van der Waals surface area contributed by atoms with Crippen LogP contribution < -0.4 is 10.3 Å². The number of likely N-dealkylation sites (tertiary alicyclic amines) is 1. The first-order chi connectivity index (χ1) is 17.4. The quantitative estimate of drug-likeness (QED) is 0.570. The summed E-state index contributed by atoms with van der Waals surface area (Å²) < 4.78 is 22.5. The lowest BCUT2D eigenvalue weighted by Gasteiger charge is -2.35. The van der Waals surface area contributed by atoms with E-state index in [1.165, 1.54) is 6.07 Å². The largest absolute Gasteiger partial charge is 0.466 e. The molecule has 1 aromatic carbocycles. The molecule has 0 radical (unpaired) electrons. The maximum atomic E-state index is 15.4. The van der Waals surface area contributed by atoms with Crippen molar-refractivity contribution in [2.75, 3.05) is 57.3 Å². The van der Waals surface area contributed by atoms with Crippen LogP contribution in [0.25, 0.3) is 10.9 Å². The van der Waals surface area contributed by atoms with Gasteiger partial charge in [-0.15, -0.1) is 0 Å². The predicted octanol–water partition coefficient (Wildman–Crippen LogP) is 3.03. The first-order valence-electron chi connectivity index (χ1n) is 13.2. The van der Waals surface area contributed by atoms with Crippen LogP contribution >= 0.6 is 0 Å². The molecule has 3 fully saturated rings. The molecule has 0 spiro atoms. The smallest absolute Gasteiger partial charge is 0.310 e. The number of ether oxygens (including phenoxy) is 1. The zero-order chi connectivity index (χ0) is 25.4. The van der Waals surface area contributed by atoms with Gasteiger partial charge in [0.25, 0.3) is 5.91 Å². The van der Waals surface area contributed by atoms with E-state index >= 15 is 4.39 Å². The number of benzene rings is 1. The normalized spacial score (nSPS) is 21.1. The van der Waals surface area contributed by atoms with Crippen LogP contribution in [0.1, 0.15) is 55.9 Å². The van der Waals surface area contributed by atoms with Crippen molar-refractivity contribution >= 4 is 28.5 Å². The summed E-state index contributed by atoms with van der Waals surface area (Å²) in [6.07, 6.45) is 4.91. The summed E-state index contributed by atoms with van der Waals surface area (Å²) in [5.74, 6) is -1.53. The number of fused-ring (bicyclic) bond motifs is 1. The van der Waals surface area contributed by atoms with E-state index in [-0.39, 0.29) is 35.4 Å². The summed E-state index contributed by atoms with van der Waals surface area (Å²) in [4.78, 5) is 45.2. The van der Waals surface area contributed by atoms with Gasteiger partial charge in [-0.1, -0.05) is 6.92 Å². The van der Waals surface area contributed by atoms with E-state index in [4.69, 9.17) is 4.74 Å². The summed E-state index contributed by atoms with van der Waals surface area (Å²) in [7, 11) is 0. The van der Waals surface area contributed by atoms with Crippen molar-refractivity contribution in [1.82, 2.24) is 14.4 Å². The average molecular weight is 499 g/mol. The second kappa shape index (κ2) is 10.2. The third kappa shape index (κ3) is 4.73. The van der Waals surface area contributed by atoms with Crippen LogP contribution in [0.5, 0.6) is 0 Å². The first-order valence-corrected chi connectivity index (χ1v) is 13.2. The van der Waals surface area contributed by atoms with Gasteiger partial charge in [0.15, 0.2) is 0 Å². The minimum Gasteiger partial charge on any atom is -0.466 e. The van der Waals surface area contributed by atoms with Gasteiger partial charge in [-0.2, -0.15) is 0 Å². The highest BCUT2D eigenvalue weighted by atomic mass is 19.1. The molecule has 8 nitrogen and oxygen atoms in total. The van der Waals surface area contributed by atoms with Crippen molar-refractivity contribution < 1.29 is 18.7 Å². The number of hydrogen-bond donors (Lipinski definition) is 0. The molecule has 1 amide bonds. The molecule has 1 aliphatic carbocycles. The molecule has 3 heterocycles. The van der Waals surface area contributed by atoms with Gasteiger partial charge in [-0.25, -0.2) is 4.39 Å². The average Bonchev–Trinajstić information content (AvgIpc) is 3.74. The van der Waals surface area contributed by atoms with Gasteiger partial charge in [0, 0.05) is 56.9 Å². The molecular weight excluding hydrogens is 463 g/mol. The van der Waals surface area contributed by atoms with Gasteiger partial charge in [-0.3, -0.25) is 14.4 Å². The number of carbonyl (C=O) groups excluding carboxylic acids is 2. The van der Waals surface area contributed by atoms with Crippen LogP contribution in [0.15, 0.2) is 23.1 Å². The zero-order valence-corrected chi connectivity index (χ0v) is 21.2. The number of pyridine rings is 1. The fraction of sp³-hybridized carbons (Fsp3) is 0.593. The van der Waals surface area contributed by atoms with Crippen molar-refractivity contribution in [1.29, 1.82) is 0 Å². The SMILES string of the molecule is CCOC(=O)[C@H]1CCCN(C(=O)c2cn(C3CC3)c3cc(N4CCN(CC)CC4)c(F)cc3c2=O)C1. The van der Waals surface area contributed by atoms with Gasteiger partial charge in [0.2, 0.25) is 5.43 Å². The number of piperazine rings is 1. The van der Waals surface area contributed by atoms with Crippen molar-refractivity contribution in [2.24, 2.45) is 5.92 Å². The van der Waals surface area contributed by atoms with Gasteiger partial charge >= 0.3 is 5.97 Å². The van der Waals surface area contributed by atoms with E-state index in [9.17, 15) is 14.4 Å². The minimum atomic E-state index is -0.452. The Labute approximate surface area is 210 Å². The number of rotatable bonds is 6. The molecule has 1 atom stereocenters. The molecule has 2 aromatic rings. The Morgan fingerprint density at radius 2 is 1.81 bits per heavy atom. The molecule has 2 saturated heterocycles. The molecule has 36 heavy (non-hydrogen) atoms. The fourth-order valence-electron chi connectivity index (χ4n) is 5.50. The number of hydrogen-bond acceptors (Lipinski definition) is 6. The van der Waals surface area contributed by atoms with Gasteiger partial charge in [0.1, 0.15) is 11.4 Å². The van der Waals surface area contributed by atoms with Crippen LogP contribution in [0.2, 0.25) is 0 Å². The Morgan fingerprint density at radius 3 is 2.47 bits per heavy atom. The molecule has 0 unspecified atom stereocenters. The molecule has 9 heteroatoms. The molecule has 194 valence electrons. The number of halogens is 1. The van der Waals surface area contributed by atoms with E-state index in [1.807, 2.05) is 9.47 Å². The summed E-state index contributed by atoms with van der Waals surface area (Å²) in [6, 6.07) is 3.30. The Morgan fingerprint density at radius 1 is 1.06 bits per heavy atom. The fourth-order valence-corrected chi connectivity index (χ4v) is 5.50. The zero-order valence-electron chi connectivity index (χ0n) is 21.2. The van der Waals surface area contributed by atoms with Crippen molar-refractivity contribution in [2.45, 2.75) is 45.6 Å². The van der Waals surface area contributed by atoms with Crippen LogP contribution in [-0.4, -0.2) is 78.7 Å². The van der Waals surface area contributed by atoms with Gasteiger partial charge in [0.05, 0.1) is 23.7 Å². The standard InChI is InChI=1S/C27H35FN4O4/c1-3-29-10-12-30(13-11-29)24-15-23-20(14-22(24)28)25(33)21(17-32(23)19-7-8-19)26(34)31-9-5-6-18(16-31)27(35)36-4-2/h14-15,17-19H,3-13,16H2,1-2H3/t18-/m0/s1. The van der Waals surface area contributed by atoms with E-state index in [0.717, 1.165) is 45.6 Å². The van der Waals surface area contributed by atoms with Crippen molar-refractivity contribution in [3.8, 4) is 0 Å². The van der Waals surface area contributed by atoms with Crippen molar-refractivity contribution in [3.63, 3.8) is 0 Å². The number of amides is 1. The summed E-state index contributed by atoms with van der Waals surface area (Å²) in [6.45, 7) is 9.08. The van der Waals surface area contributed by atoms with E-state index in [1.54, 1.807) is 24.1 Å². The molecule has 5 rings (SSSR count). The van der Waals surface area contributed by atoms with Crippen molar-refractivity contribution in [3.05, 3.63) is 39.9 Å². The number of aromatic nitrogens is 1. The number of likely N-dealkylation sites (N-methyl/N-ethyl adjacent to an activating group) is 1. The third-order valence-corrected chi connectivity index (χ3v) is 7.76. The Hall–Kier alpha value is -2.94. The highest BCUT2D eigenvalue weighted by Crippen LogP contribution is 2.38. The Kier molecular flexibility index (Phi) is 7.01. The lowest BCUT2D eigenvalue weighted by Crippen LogP contribution is -2.46. The summed E-state index contributed by atoms with van der Waals surface area (Å²) in [5.41, 5.74) is 0.782. The van der Waals surface area contributed by atoms with Gasteiger partial charge in [-0.05, 0) is 51.3 Å². The monoisotopic (exact) mass is 498 g/mol. The lowest BCUT2D eigenvalue weighted by atomic mass is 9.97. The number of carbonyl (C=O) groups is 2. The molecule has 2 aliphatic heterocycles. The molecule has 0 N–H and O–H groups in total.